The maximum Gasteiger partial charge on any atom is 0.123 e. The van der Waals surface area contributed by atoms with Gasteiger partial charge in [-0.1, -0.05) is 13.0 Å². The van der Waals surface area contributed by atoms with Crippen LogP contribution in [0.15, 0.2) is 18.2 Å². The van der Waals surface area contributed by atoms with Gasteiger partial charge in [-0.15, -0.1) is 11.8 Å². The summed E-state index contributed by atoms with van der Waals surface area (Å²) in [6.45, 7) is 6.80. The highest BCUT2D eigenvalue weighted by Gasteiger charge is 2.12. The van der Waals surface area contributed by atoms with Crippen LogP contribution in [0.3, 0.4) is 0 Å². The molecule has 0 radical (unpaired) electrons. The largest absolute Gasteiger partial charge is 0.310 e. The van der Waals surface area contributed by atoms with Gasteiger partial charge in [-0.25, -0.2) is 4.39 Å². The van der Waals surface area contributed by atoms with Gasteiger partial charge in [0.15, 0.2) is 0 Å². The van der Waals surface area contributed by atoms with Crippen LogP contribution in [-0.2, 0) is 0 Å². The van der Waals surface area contributed by atoms with E-state index in [0.29, 0.717) is 0 Å². The fraction of sp³-hybridized carbons (Fsp3) is 0.467. The topological polar surface area (TPSA) is 12.0 Å². The van der Waals surface area contributed by atoms with E-state index in [4.69, 9.17) is 0 Å². The second-order valence-electron chi connectivity index (χ2n) is 4.08. The number of aryl methyl sites for hydroxylation is 1. The molecule has 1 aromatic carbocycles. The Bertz CT molecular complexity index is 415. The molecule has 2 heteroatoms. The van der Waals surface area contributed by atoms with Crippen molar-refractivity contribution in [1.29, 1.82) is 0 Å². The van der Waals surface area contributed by atoms with E-state index < -0.39 is 0 Å². The number of hydrogen-bond acceptors (Lipinski definition) is 1. The quantitative estimate of drug-likeness (QED) is 0.766. The van der Waals surface area contributed by atoms with Gasteiger partial charge in [0.2, 0.25) is 0 Å². The van der Waals surface area contributed by atoms with Gasteiger partial charge in [-0.2, -0.15) is 0 Å². The van der Waals surface area contributed by atoms with Gasteiger partial charge in [-0.3, -0.25) is 0 Å². The van der Waals surface area contributed by atoms with Crippen molar-refractivity contribution in [2.24, 2.45) is 0 Å². The molecule has 17 heavy (non-hydrogen) atoms. The Morgan fingerprint density at radius 1 is 1.41 bits per heavy atom. The number of hydrogen-bond donors (Lipinski definition) is 1. The molecule has 0 fully saturated rings. The summed E-state index contributed by atoms with van der Waals surface area (Å²) in [7, 11) is 0. The second kappa shape index (κ2) is 7.09. The Balaban J connectivity index is 2.86. The molecular weight excluding hydrogens is 213 g/mol. The minimum atomic E-state index is -0.171. The predicted molar refractivity (Wildman–Crippen MR) is 70.2 cm³/mol. The van der Waals surface area contributed by atoms with Gasteiger partial charge in [0, 0.05) is 12.5 Å². The molecule has 0 aliphatic rings. The molecule has 0 bridgehead atoms. The monoisotopic (exact) mass is 233 g/mol. The van der Waals surface area contributed by atoms with E-state index in [1.54, 1.807) is 6.07 Å². The molecule has 92 valence electrons. The van der Waals surface area contributed by atoms with Crippen molar-refractivity contribution < 1.29 is 4.39 Å². The smallest absolute Gasteiger partial charge is 0.123 e. The normalized spacial score (nSPS) is 11.8. The van der Waals surface area contributed by atoms with E-state index in [2.05, 4.69) is 24.1 Å². The van der Waals surface area contributed by atoms with Crippen LogP contribution in [0.2, 0.25) is 0 Å². The van der Waals surface area contributed by atoms with E-state index in [1.807, 2.05) is 19.9 Å². The lowest BCUT2D eigenvalue weighted by atomic mass is 9.97. The first-order chi connectivity index (χ1) is 8.19. The van der Waals surface area contributed by atoms with Crippen LogP contribution < -0.4 is 5.32 Å². The Kier molecular flexibility index (Phi) is 5.72. The Labute approximate surface area is 103 Å². The molecule has 0 heterocycles. The Morgan fingerprint density at radius 2 is 2.18 bits per heavy atom. The van der Waals surface area contributed by atoms with Gasteiger partial charge in [0.25, 0.3) is 0 Å². The highest BCUT2D eigenvalue weighted by atomic mass is 19.1. The molecule has 0 aromatic heterocycles. The third-order valence-corrected chi connectivity index (χ3v) is 2.80. The third-order valence-electron chi connectivity index (χ3n) is 2.80. The number of halogens is 1. The van der Waals surface area contributed by atoms with Gasteiger partial charge in [0.05, 0.1) is 0 Å². The lowest BCUT2D eigenvalue weighted by Gasteiger charge is -2.19. The van der Waals surface area contributed by atoms with Crippen LogP contribution in [0.4, 0.5) is 4.39 Å². The maximum absolute atomic E-state index is 13.3. The molecular formula is C15H20FN. The fourth-order valence-electron chi connectivity index (χ4n) is 1.94. The van der Waals surface area contributed by atoms with Crippen LogP contribution in [0.25, 0.3) is 0 Å². The molecule has 1 unspecified atom stereocenters. The number of nitrogens with one attached hydrogen (secondary N) is 1. The zero-order chi connectivity index (χ0) is 12.7. The minimum absolute atomic E-state index is 0.171. The third kappa shape index (κ3) is 4.20. The molecule has 1 aromatic rings. The summed E-state index contributed by atoms with van der Waals surface area (Å²) in [6, 6.07) is 5.16. The van der Waals surface area contributed by atoms with E-state index in [9.17, 15) is 4.39 Å². The molecule has 0 aliphatic heterocycles. The van der Waals surface area contributed by atoms with Crippen LogP contribution in [0.5, 0.6) is 0 Å². The van der Waals surface area contributed by atoms with Crippen molar-refractivity contribution in [3.8, 4) is 11.8 Å². The zero-order valence-corrected chi connectivity index (χ0v) is 10.8. The molecule has 0 spiro atoms. The summed E-state index contributed by atoms with van der Waals surface area (Å²) >= 11 is 0. The number of benzene rings is 1. The highest BCUT2D eigenvalue weighted by molar-refractivity contribution is 5.29. The van der Waals surface area contributed by atoms with E-state index in [0.717, 1.165) is 30.5 Å². The van der Waals surface area contributed by atoms with E-state index in [-0.39, 0.29) is 11.9 Å². The lowest BCUT2D eigenvalue weighted by Crippen LogP contribution is -2.21. The molecule has 0 saturated heterocycles. The summed E-state index contributed by atoms with van der Waals surface area (Å²) in [4.78, 5) is 0. The first-order valence-corrected chi connectivity index (χ1v) is 6.08. The molecule has 1 rings (SSSR count). The summed E-state index contributed by atoms with van der Waals surface area (Å²) in [5.74, 6) is 5.78. The van der Waals surface area contributed by atoms with E-state index in [1.165, 1.54) is 6.07 Å². The standard InChI is InChI=1S/C15H20FN/c1-4-6-7-8-15(17-5-2)14-11-13(16)10-9-12(14)3/h9-11,15,17H,5,7-8H2,1-3H3. The van der Waals surface area contributed by atoms with Gasteiger partial charge < -0.3 is 5.32 Å². The minimum Gasteiger partial charge on any atom is -0.310 e. The molecule has 0 saturated carbocycles. The second-order valence-corrected chi connectivity index (χ2v) is 4.08. The van der Waals surface area contributed by atoms with Crippen LogP contribution in [0, 0.1) is 24.6 Å². The number of rotatable bonds is 5. The van der Waals surface area contributed by atoms with Crippen molar-refractivity contribution in [2.75, 3.05) is 6.54 Å². The molecule has 0 aliphatic carbocycles. The summed E-state index contributed by atoms with van der Waals surface area (Å²) in [5.41, 5.74) is 2.17. The SMILES string of the molecule is CC#CCCC(NCC)c1cc(F)ccc1C. The fourth-order valence-corrected chi connectivity index (χ4v) is 1.94. The molecule has 1 nitrogen and oxygen atoms in total. The average Bonchev–Trinajstić information content (AvgIpc) is 2.32. The Morgan fingerprint density at radius 3 is 2.82 bits per heavy atom. The Hall–Kier alpha value is -1.33. The maximum atomic E-state index is 13.3. The van der Waals surface area contributed by atoms with Gasteiger partial charge in [-0.05, 0) is 50.1 Å². The average molecular weight is 233 g/mol. The first-order valence-electron chi connectivity index (χ1n) is 6.08. The summed E-state index contributed by atoms with van der Waals surface area (Å²) < 4.78 is 13.3. The first kappa shape index (κ1) is 13.7. The molecule has 1 N–H and O–H groups in total. The highest BCUT2D eigenvalue weighted by Crippen LogP contribution is 2.22. The van der Waals surface area contributed by atoms with Crippen molar-refractivity contribution in [2.45, 2.75) is 39.7 Å². The van der Waals surface area contributed by atoms with Crippen LogP contribution in [0.1, 0.15) is 43.9 Å². The van der Waals surface area contributed by atoms with Crippen molar-refractivity contribution in [3.63, 3.8) is 0 Å². The predicted octanol–water partition coefficient (Wildman–Crippen LogP) is 3.59. The van der Waals surface area contributed by atoms with Crippen molar-refractivity contribution in [1.82, 2.24) is 5.32 Å². The molecule has 0 amide bonds. The van der Waals surface area contributed by atoms with E-state index >= 15 is 0 Å². The zero-order valence-electron chi connectivity index (χ0n) is 10.8. The van der Waals surface area contributed by atoms with Gasteiger partial charge >= 0.3 is 0 Å². The van der Waals surface area contributed by atoms with Crippen molar-refractivity contribution in [3.05, 3.63) is 35.1 Å². The lowest BCUT2D eigenvalue weighted by molar-refractivity contribution is 0.515. The van der Waals surface area contributed by atoms with Gasteiger partial charge in [0.1, 0.15) is 5.82 Å². The molecule has 1 atom stereocenters. The van der Waals surface area contributed by atoms with Crippen LogP contribution >= 0.6 is 0 Å². The van der Waals surface area contributed by atoms with Crippen molar-refractivity contribution >= 4 is 0 Å². The summed E-state index contributed by atoms with van der Waals surface area (Å²) in [6.07, 6.45) is 1.75. The van der Waals surface area contributed by atoms with Crippen LogP contribution in [-0.4, -0.2) is 6.54 Å². The summed E-state index contributed by atoms with van der Waals surface area (Å²) in [5, 5.41) is 3.39.